The molecule has 3 nitrogen and oxygen atoms in total. The fourth-order valence-corrected chi connectivity index (χ4v) is 2.23. The molecule has 0 spiro atoms. The molecule has 0 aliphatic carbocycles. The van der Waals surface area contributed by atoms with Crippen molar-refractivity contribution in [2.45, 2.75) is 26.7 Å². The van der Waals surface area contributed by atoms with Crippen LogP contribution in [0.25, 0.3) is 0 Å². The second kappa shape index (κ2) is 7.47. The highest BCUT2D eigenvalue weighted by Crippen LogP contribution is 2.24. The summed E-state index contributed by atoms with van der Waals surface area (Å²) in [4.78, 5) is 11.9. The van der Waals surface area contributed by atoms with Crippen LogP contribution in [0.3, 0.4) is 0 Å². The minimum Gasteiger partial charge on any atom is -0.483 e. The van der Waals surface area contributed by atoms with Crippen molar-refractivity contribution < 1.29 is 13.9 Å². The minimum absolute atomic E-state index is 0.0378. The molecule has 0 aromatic heterocycles. The van der Waals surface area contributed by atoms with Gasteiger partial charge in [-0.25, -0.2) is 4.39 Å². The number of amides is 1. The molecule has 2 rings (SSSR count). The third-order valence-corrected chi connectivity index (χ3v) is 3.73. The zero-order valence-electron chi connectivity index (χ0n) is 13.3. The van der Waals surface area contributed by atoms with Crippen LogP contribution in [0.15, 0.2) is 36.4 Å². The molecule has 5 heteroatoms. The Morgan fingerprint density at radius 2 is 2.00 bits per heavy atom. The van der Waals surface area contributed by atoms with E-state index in [2.05, 4.69) is 19.2 Å². The molecule has 0 radical (unpaired) electrons. The summed E-state index contributed by atoms with van der Waals surface area (Å²) >= 11 is 5.68. The maximum Gasteiger partial charge on any atom is 0.262 e. The average Bonchev–Trinajstić information content (AvgIpc) is 2.50. The van der Waals surface area contributed by atoms with Crippen LogP contribution in [0.4, 0.5) is 10.1 Å². The van der Waals surface area contributed by atoms with Gasteiger partial charge < -0.3 is 10.1 Å². The Hall–Kier alpha value is -2.07. The van der Waals surface area contributed by atoms with Gasteiger partial charge in [0.05, 0.1) is 5.02 Å². The standard InChI is InChI=1S/C18H19ClFNO2/c1-11(2)13-5-4-12(3)17(8-13)23-10-18(22)21-14-6-7-16(20)15(19)9-14/h4-9,11H,10H2,1-3H3,(H,21,22). The summed E-state index contributed by atoms with van der Waals surface area (Å²) < 4.78 is 18.7. The van der Waals surface area contributed by atoms with E-state index in [0.717, 1.165) is 11.1 Å². The van der Waals surface area contributed by atoms with Crippen molar-refractivity contribution in [2.24, 2.45) is 0 Å². The molecular formula is C18H19ClFNO2. The molecule has 0 atom stereocenters. The number of rotatable bonds is 5. The van der Waals surface area contributed by atoms with Gasteiger partial charge in [0, 0.05) is 5.69 Å². The molecule has 1 N–H and O–H groups in total. The molecule has 0 unspecified atom stereocenters. The first-order chi connectivity index (χ1) is 10.9. The smallest absolute Gasteiger partial charge is 0.262 e. The van der Waals surface area contributed by atoms with Crippen LogP contribution in [0.5, 0.6) is 5.75 Å². The number of hydrogen-bond donors (Lipinski definition) is 1. The molecular weight excluding hydrogens is 317 g/mol. The van der Waals surface area contributed by atoms with Gasteiger partial charge in [0.2, 0.25) is 0 Å². The summed E-state index contributed by atoms with van der Waals surface area (Å²) in [5, 5.41) is 2.58. The van der Waals surface area contributed by atoms with E-state index in [9.17, 15) is 9.18 Å². The van der Waals surface area contributed by atoms with Crippen LogP contribution in [0, 0.1) is 12.7 Å². The fraction of sp³-hybridized carbons (Fsp3) is 0.278. The van der Waals surface area contributed by atoms with E-state index in [1.807, 2.05) is 25.1 Å². The van der Waals surface area contributed by atoms with Crippen LogP contribution in [0.1, 0.15) is 30.9 Å². The number of carbonyl (C=O) groups is 1. The molecule has 2 aromatic carbocycles. The molecule has 0 saturated carbocycles. The minimum atomic E-state index is -0.526. The third kappa shape index (κ3) is 4.70. The van der Waals surface area contributed by atoms with E-state index in [4.69, 9.17) is 16.3 Å². The van der Waals surface area contributed by atoms with Gasteiger partial charge in [-0.15, -0.1) is 0 Å². The number of nitrogens with one attached hydrogen (secondary N) is 1. The van der Waals surface area contributed by atoms with Crippen molar-refractivity contribution in [3.8, 4) is 5.75 Å². The Labute approximate surface area is 140 Å². The Balaban J connectivity index is 1.99. The number of anilines is 1. The molecule has 1 amide bonds. The quantitative estimate of drug-likeness (QED) is 0.841. The second-order valence-corrected chi connectivity index (χ2v) is 6.05. The van der Waals surface area contributed by atoms with Crippen LogP contribution < -0.4 is 10.1 Å². The van der Waals surface area contributed by atoms with Crippen LogP contribution in [-0.4, -0.2) is 12.5 Å². The van der Waals surface area contributed by atoms with E-state index in [1.165, 1.54) is 18.2 Å². The lowest BCUT2D eigenvalue weighted by atomic mass is 10.0. The molecule has 0 bridgehead atoms. The lowest BCUT2D eigenvalue weighted by Crippen LogP contribution is -2.20. The highest BCUT2D eigenvalue weighted by Gasteiger charge is 2.09. The van der Waals surface area contributed by atoms with Crippen molar-refractivity contribution >= 4 is 23.2 Å². The predicted octanol–water partition coefficient (Wildman–Crippen LogP) is 4.93. The average molecular weight is 336 g/mol. The zero-order chi connectivity index (χ0) is 17.0. The Morgan fingerprint density at radius 3 is 2.65 bits per heavy atom. The van der Waals surface area contributed by atoms with Gasteiger partial charge >= 0.3 is 0 Å². The highest BCUT2D eigenvalue weighted by atomic mass is 35.5. The summed E-state index contributed by atoms with van der Waals surface area (Å²) in [5.74, 6) is 0.209. The van der Waals surface area contributed by atoms with Gasteiger partial charge in [0.15, 0.2) is 6.61 Å². The maximum absolute atomic E-state index is 13.1. The molecule has 122 valence electrons. The summed E-state index contributed by atoms with van der Waals surface area (Å²) in [6.45, 7) is 5.99. The lowest BCUT2D eigenvalue weighted by Gasteiger charge is -2.13. The first kappa shape index (κ1) is 17.3. The van der Waals surface area contributed by atoms with Crippen LogP contribution >= 0.6 is 11.6 Å². The van der Waals surface area contributed by atoms with E-state index >= 15 is 0 Å². The second-order valence-electron chi connectivity index (χ2n) is 5.65. The molecule has 23 heavy (non-hydrogen) atoms. The van der Waals surface area contributed by atoms with Gasteiger partial charge in [0.25, 0.3) is 5.91 Å². The molecule has 0 saturated heterocycles. The lowest BCUT2D eigenvalue weighted by molar-refractivity contribution is -0.118. The summed E-state index contributed by atoms with van der Waals surface area (Å²) in [6.07, 6.45) is 0. The summed E-state index contributed by atoms with van der Waals surface area (Å²) in [6, 6.07) is 9.98. The normalized spacial score (nSPS) is 10.7. The SMILES string of the molecule is Cc1ccc(C(C)C)cc1OCC(=O)Nc1ccc(F)c(Cl)c1. The molecule has 0 aliphatic heterocycles. The van der Waals surface area contributed by atoms with E-state index < -0.39 is 5.82 Å². The van der Waals surface area contributed by atoms with Gasteiger partial charge in [-0.05, 0) is 48.2 Å². The van der Waals surface area contributed by atoms with Crippen LogP contribution in [-0.2, 0) is 4.79 Å². The largest absolute Gasteiger partial charge is 0.483 e. The number of benzene rings is 2. The number of carbonyl (C=O) groups excluding carboxylic acids is 1. The van der Waals surface area contributed by atoms with Crippen molar-refractivity contribution in [3.63, 3.8) is 0 Å². The van der Waals surface area contributed by atoms with Crippen LogP contribution in [0.2, 0.25) is 5.02 Å². The van der Waals surface area contributed by atoms with E-state index in [-0.39, 0.29) is 17.5 Å². The zero-order valence-corrected chi connectivity index (χ0v) is 14.1. The fourth-order valence-electron chi connectivity index (χ4n) is 2.05. The predicted molar refractivity (Wildman–Crippen MR) is 90.8 cm³/mol. The van der Waals surface area contributed by atoms with Crippen molar-refractivity contribution in [2.75, 3.05) is 11.9 Å². The summed E-state index contributed by atoms with van der Waals surface area (Å²) in [7, 11) is 0. The third-order valence-electron chi connectivity index (χ3n) is 3.44. The molecule has 0 aliphatic rings. The van der Waals surface area contributed by atoms with Gasteiger partial charge in [-0.3, -0.25) is 4.79 Å². The molecule has 2 aromatic rings. The number of aryl methyl sites for hydroxylation is 1. The van der Waals surface area contributed by atoms with Crippen molar-refractivity contribution in [1.82, 2.24) is 0 Å². The molecule has 0 heterocycles. The van der Waals surface area contributed by atoms with E-state index in [0.29, 0.717) is 17.4 Å². The van der Waals surface area contributed by atoms with Gasteiger partial charge in [-0.2, -0.15) is 0 Å². The Morgan fingerprint density at radius 1 is 1.26 bits per heavy atom. The topological polar surface area (TPSA) is 38.3 Å². The van der Waals surface area contributed by atoms with E-state index in [1.54, 1.807) is 0 Å². The number of hydrogen-bond acceptors (Lipinski definition) is 2. The number of ether oxygens (including phenoxy) is 1. The Kier molecular flexibility index (Phi) is 5.61. The van der Waals surface area contributed by atoms with Gasteiger partial charge in [-0.1, -0.05) is 37.6 Å². The highest BCUT2D eigenvalue weighted by molar-refractivity contribution is 6.31. The van der Waals surface area contributed by atoms with Gasteiger partial charge in [0.1, 0.15) is 11.6 Å². The molecule has 0 fully saturated rings. The first-order valence-electron chi connectivity index (χ1n) is 7.35. The number of halogens is 2. The Bertz CT molecular complexity index is 716. The van der Waals surface area contributed by atoms with Crippen molar-refractivity contribution in [3.05, 3.63) is 58.4 Å². The summed E-state index contributed by atoms with van der Waals surface area (Å²) in [5.41, 5.74) is 2.54. The monoisotopic (exact) mass is 335 g/mol. The maximum atomic E-state index is 13.1. The first-order valence-corrected chi connectivity index (χ1v) is 7.73. The van der Waals surface area contributed by atoms with Crippen molar-refractivity contribution in [1.29, 1.82) is 0 Å².